The zero-order valence-corrected chi connectivity index (χ0v) is 17.5. The molecule has 0 aliphatic carbocycles. The Hall–Kier alpha value is -3.17. The molecule has 170 valence electrons. The van der Waals surface area contributed by atoms with Gasteiger partial charge in [0, 0.05) is 28.4 Å². The molecule has 33 heavy (non-hydrogen) atoms. The molecule has 2 heterocycles. The van der Waals surface area contributed by atoms with Crippen molar-refractivity contribution in [3.63, 3.8) is 0 Å². The second-order valence-electron chi connectivity index (χ2n) is 7.24. The molecule has 0 bridgehead atoms. The summed E-state index contributed by atoms with van der Waals surface area (Å²) in [6.45, 7) is 0. The summed E-state index contributed by atoms with van der Waals surface area (Å²) in [5.74, 6) is 0. The third kappa shape index (κ3) is 4.79. The number of hydrogen-bond acceptors (Lipinski definition) is 3. The van der Waals surface area contributed by atoms with E-state index in [0.717, 1.165) is 35.6 Å². The number of benzene rings is 2. The average molecular weight is 479 g/mol. The van der Waals surface area contributed by atoms with E-state index in [9.17, 15) is 31.4 Å². The minimum Gasteiger partial charge on any atom is -0.384 e. The summed E-state index contributed by atoms with van der Waals surface area (Å²) in [6.07, 6.45) is -7.57. The van der Waals surface area contributed by atoms with Crippen LogP contribution >= 0.6 is 11.3 Å². The lowest BCUT2D eigenvalue weighted by Gasteiger charge is -2.17. The molecule has 4 rings (SSSR count). The van der Waals surface area contributed by atoms with Crippen LogP contribution in [0.3, 0.4) is 0 Å². The quantitative estimate of drug-likeness (QED) is 0.306. The van der Waals surface area contributed by atoms with E-state index in [1.165, 1.54) is 36.7 Å². The summed E-state index contributed by atoms with van der Waals surface area (Å²) in [6, 6.07) is 12.4. The van der Waals surface area contributed by atoms with E-state index in [4.69, 9.17) is 0 Å². The molecular weight excluding hydrogens is 464 g/mol. The molecule has 1 unspecified atom stereocenters. The van der Waals surface area contributed by atoms with Crippen LogP contribution in [0.1, 0.15) is 28.4 Å². The maximum Gasteiger partial charge on any atom is 0.416 e. The van der Waals surface area contributed by atoms with E-state index in [2.05, 4.69) is 4.98 Å². The molecule has 0 amide bonds. The Balaban J connectivity index is 1.92. The lowest BCUT2D eigenvalue weighted by Crippen LogP contribution is -2.06. The first-order chi connectivity index (χ1) is 15.6. The Morgan fingerprint density at radius 3 is 1.97 bits per heavy atom. The number of nitrogens with zero attached hydrogens (tertiary/aromatic N) is 1. The summed E-state index contributed by atoms with van der Waals surface area (Å²) < 4.78 is 79.6. The number of hydrogen-bond donors (Lipinski definition) is 1. The van der Waals surface area contributed by atoms with Gasteiger partial charge in [0.2, 0.25) is 0 Å². The molecular formula is C24H15F6NOS. The molecule has 4 aromatic rings. The Kier molecular flexibility index (Phi) is 6.02. The van der Waals surface area contributed by atoms with Gasteiger partial charge < -0.3 is 5.11 Å². The van der Waals surface area contributed by atoms with Crippen LogP contribution in [-0.2, 0) is 12.4 Å². The molecule has 2 aromatic heterocycles. The maximum absolute atomic E-state index is 13.3. The monoisotopic (exact) mass is 479 g/mol. The lowest BCUT2D eigenvalue weighted by atomic mass is 9.92. The smallest absolute Gasteiger partial charge is 0.384 e. The molecule has 0 spiro atoms. The largest absolute Gasteiger partial charge is 0.416 e. The average Bonchev–Trinajstić information content (AvgIpc) is 3.23. The summed E-state index contributed by atoms with van der Waals surface area (Å²) >= 11 is 1.05. The number of pyridine rings is 1. The number of aromatic nitrogens is 1. The summed E-state index contributed by atoms with van der Waals surface area (Å²) in [4.78, 5) is 4.28. The molecule has 9 heteroatoms. The lowest BCUT2D eigenvalue weighted by molar-refractivity contribution is -0.138. The van der Waals surface area contributed by atoms with Gasteiger partial charge in [-0.2, -0.15) is 26.3 Å². The Bertz CT molecular complexity index is 1190. The molecule has 1 atom stereocenters. The second-order valence-corrected chi connectivity index (χ2v) is 8.12. The summed E-state index contributed by atoms with van der Waals surface area (Å²) in [5, 5.41) is 12.7. The number of halogens is 6. The first kappa shape index (κ1) is 23.0. The number of aliphatic hydroxyl groups excluding tert-OH is 1. The van der Waals surface area contributed by atoms with Crippen LogP contribution in [0.4, 0.5) is 26.3 Å². The summed E-state index contributed by atoms with van der Waals surface area (Å²) in [7, 11) is 0. The van der Waals surface area contributed by atoms with Crippen molar-refractivity contribution in [2.45, 2.75) is 18.5 Å². The fraction of sp³-hybridized carbons (Fsp3) is 0.125. The van der Waals surface area contributed by atoms with Crippen molar-refractivity contribution in [3.05, 3.63) is 101 Å². The van der Waals surface area contributed by atoms with Crippen LogP contribution in [0.25, 0.3) is 21.6 Å². The highest BCUT2D eigenvalue weighted by Gasteiger charge is 2.33. The topological polar surface area (TPSA) is 33.1 Å². The van der Waals surface area contributed by atoms with Crippen LogP contribution in [-0.4, -0.2) is 10.1 Å². The number of alkyl halides is 6. The number of aliphatic hydroxyl groups is 1. The van der Waals surface area contributed by atoms with Crippen LogP contribution in [0.5, 0.6) is 0 Å². The van der Waals surface area contributed by atoms with Gasteiger partial charge >= 0.3 is 12.4 Å². The predicted molar refractivity (Wildman–Crippen MR) is 113 cm³/mol. The van der Waals surface area contributed by atoms with Crippen molar-refractivity contribution in [1.29, 1.82) is 0 Å². The van der Waals surface area contributed by atoms with Crippen molar-refractivity contribution >= 4 is 11.3 Å². The van der Waals surface area contributed by atoms with Crippen LogP contribution in [0, 0.1) is 0 Å². The highest BCUT2D eigenvalue weighted by atomic mass is 32.1. The highest BCUT2D eigenvalue weighted by Crippen LogP contribution is 2.45. The van der Waals surface area contributed by atoms with E-state index in [0.29, 0.717) is 16.0 Å². The van der Waals surface area contributed by atoms with Crippen molar-refractivity contribution in [2.75, 3.05) is 0 Å². The molecule has 0 saturated carbocycles. The van der Waals surface area contributed by atoms with Gasteiger partial charge in [0.25, 0.3) is 0 Å². The molecule has 0 radical (unpaired) electrons. The van der Waals surface area contributed by atoms with Crippen molar-refractivity contribution in [1.82, 2.24) is 4.98 Å². The standard InChI is InChI=1S/C24H15F6NOS/c25-23(26,27)17-7-1-4-14(10-17)19-13-33-22(15-5-2-8-18(11-15)24(28,29)30)20(19)21(32)16-6-3-9-31-12-16/h1-13,21,32H. The highest BCUT2D eigenvalue weighted by molar-refractivity contribution is 7.14. The zero-order chi connectivity index (χ0) is 23.8. The summed E-state index contributed by atoms with van der Waals surface area (Å²) in [5.41, 5.74) is -0.466. The van der Waals surface area contributed by atoms with Crippen molar-refractivity contribution in [3.8, 4) is 21.6 Å². The zero-order valence-electron chi connectivity index (χ0n) is 16.7. The molecule has 0 fully saturated rings. The van der Waals surface area contributed by atoms with E-state index < -0.39 is 29.6 Å². The predicted octanol–water partition coefficient (Wildman–Crippen LogP) is 7.60. The van der Waals surface area contributed by atoms with Gasteiger partial charge in [-0.05, 0) is 52.4 Å². The van der Waals surface area contributed by atoms with E-state index in [1.54, 1.807) is 17.5 Å². The van der Waals surface area contributed by atoms with Gasteiger partial charge in [-0.3, -0.25) is 4.98 Å². The van der Waals surface area contributed by atoms with Crippen molar-refractivity contribution < 1.29 is 31.4 Å². The van der Waals surface area contributed by atoms with E-state index >= 15 is 0 Å². The molecule has 1 N–H and O–H groups in total. The SMILES string of the molecule is OC(c1cccnc1)c1c(-c2cccc(C(F)(F)F)c2)csc1-c1cccc(C(F)(F)F)c1. The fourth-order valence-corrected chi connectivity index (χ4v) is 4.60. The van der Waals surface area contributed by atoms with Gasteiger partial charge in [-0.25, -0.2) is 0 Å². The maximum atomic E-state index is 13.3. The van der Waals surface area contributed by atoms with Gasteiger partial charge in [0.05, 0.1) is 11.1 Å². The second kappa shape index (κ2) is 8.64. The first-order valence-electron chi connectivity index (χ1n) is 9.60. The van der Waals surface area contributed by atoms with Crippen LogP contribution in [0.2, 0.25) is 0 Å². The molecule has 0 aliphatic heterocycles. The fourth-order valence-electron chi connectivity index (χ4n) is 3.49. The van der Waals surface area contributed by atoms with Gasteiger partial charge in [-0.15, -0.1) is 11.3 Å². The Labute approximate surface area is 188 Å². The molecule has 2 aromatic carbocycles. The van der Waals surface area contributed by atoms with E-state index in [-0.39, 0.29) is 16.7 Å². The molecule has 0 aliphatic rings. The normalized spacial score (nSPS) is 13.2. The van der Waals surface area contributed by atoms with E-state index in [1.807, 2.05) is 0 Å². The minimum atomic E-state index is -4.57. The molecule has 2 nitrogen and oxygen atoms in total. The number of rotatable bonds is 4. The van der Waals surface area contributed by atoms with Gasteiger partial charge in [0.15, 0.2) is 0 Å². The Morgan fingerprint density at radius 2 is 1.39 bits per heavy atom. The number of thiophene rings is 1. The van der Waals surface area contributed by atoms with Crippen molar-refractivity contribution in [2.24, 2.45) is 0 Å². The van der Waals surface area contributed by atoms with Crippen LogP contribution in [0.15, 0.2) is 78.4 Å². The minimum absolute atomic E-state index is 0.192. The third-order valence-corrected chi connectivity index (χ3v) is 6.10. The molecule has 0 saturated heterocycles. The third-order valence-electron chi connectivity index (χ3n) is 5.06. The van der Waals surface area contributed by atoms with Gasteiger partial charge in [0.1, 0.15) is 6.10 Å². The first-order valence-corrected chi connectivity index (χ1v) is 10.5. The Morgan fingerprint density at radius 1 is 0.788 bits per heavy atom. The van der Waals surface area contributed by atoms with Gasteiger partial charge in [-0.1, -0.05) is 30.3 Å². The van der Waals surface area contributed by atoms with Crippen LogP contribution < -0.4 is 0 Å².